The number of hydrogen-bond donors (Lipinski definition) is 2. The molecule has 1 fully saturated rings. The molecule has 23 heavy (non-hydrogen) atoms. The van der Waals surface area contributed by atoms with E-state index in [1.54, 1.807) is 0 Å². The molecule has 2 N–H and O–H groups in total. The van der Waals surface area contributed by atoms with E-state index in [0.717, 1.165) is 26.1 Å². The van der Waals surface area contributed by atoms with Gasteiger partial charge in [0.2, 0.25) is 0 Å². The number of benzene rings is 1. The van der Waals surface area contributed by atoms with Gasteiger partial charge < -0.3 is 15.2 Å². The van der Waals surface area contributed by atoms with Crippen LogP contribution in [0.4, 0.5) is 4.79 Å². The fourth-order valence-corrected chi connectivity index (χ4v) is 2.89. The van der Waals surface area contributed by atoms with E-state index in [-0.39, 0.29) is 18.6 Å². The molecule has 5 heteroatoms. The third-order valence-corrected chi connectivity index (χ3v) is 4.03. The van der Waals surface area contributed by atoms with Crippen molar-refractivity contribution in [3.63, 3.8) is 0 Å². The highest BCUT2D eigenvalue weighted by Crippen LogP contribution is 2.20. The minimum atomic E-state index is -0.517. The Kier molecular flexibility index (Phi) is 6.02. The maximum absolute atomic E-state index is 12.0. The van der Waals surface area contributed by atoms with Gasteiger partial charge in [-0.15, -0.1) is 0 Å². The van der Waals surface area contributed by atoms with Crippen LogP contribution in [0.15, 0.2) is 30.3 Å². The van der Waals surface area contributed by atoms with Crippen molar-refractivity contribution in [3.05, 3.63) is 35.9 Å². The number of carbonyl (C=O) groups is 1. The number of amides is 1. The molecule has 2 unspecified atom stereocenters. The third kappa shape index (κ3) is 5.84. The van der Waals surface area contributed by atoms with Crippen LogP contribution in [0, 0.1) is 5.92 Å². The van der Waals surface area contributed by atoms with Gasteiger partial charge in [-0.2, -0.15) is 0 Å². The predicted octanol–water partition coefficient (Wildman–Crippen LogP) is 2.39. The summed E-state index contributed by atoms with van der Waals surface area (Å²) in [5.41, 5.74) is 0.739. The summed E-state index contributed by atoms with van der Waals surface area (Å²) in [6.45, 7) is 8.12. The van der Waals surface area contributed by atoms with Crippen LogP contribution in [0.1, 0.15) is 32.8 Å². The lowest BCUT2D eigenvalue weighted by atomic mass is 9.92. The van der Waals surface area contributed by atoms with Gasteiger partial charge in [-0.25, -0.2) is 4.79 Å². The molecule has 0 saturated carbocycles. The zero-order valence-electron chi connectivity index (χ0n) is 14.3. The van der Waals surface area contributed by atoms with Gasteiger partial charge in [0, 0.05) is 31.7 Å². The molecule has 2 rings (SSSR count). The van der Waals surface area contributed by atoms with Crippen molar-refractivity contribution in [2.75, 3.05) is 19.7 Å². The molecule has 0 aromatic heterocycles. The fraction of sp³-hybridized carbons (Fsp3) is 0.611. The molecular weight excluding hydrogens is 292 g/mol. The number of aliphatic hydroxyl groups is 1. The molecule has 128 valence electrons. The number of nitrogens with zero attached hydrogens (tertiary/aromatic N) is 1. The Morgan fingerprint density at radius 3 is 2.65 bits per heavy atom. The van der Waals surface area contributed by atoms with Gasteiger partial charge in [0.25, 0.3) is 0 Å². The van der Waals surface area contributed by atoms with Gasteiger partial charge >= 0.3 is 6.09 Å². The summed E-state index contributed by atoms with van der Waals surface area (Å²) in [5.74, 6) is 0.0783. The average molecular weight is 320 g/mol. The van der Waals surface area contributed by atoms with E-state index < -0.39 is 11.7 Å². The van der Waals surface area contributed by atoms with Crippen LogP contribution < -0.4 is 5.32 Å². The minimum Gasteiger partial charge on any atom is -0.444 e. The highest BCUT2D eigenvalue weighted by atomic mass is 16.6. The van der Waals surface area contributed by atoms with Crippen molar-refractivity contribution in [1.29, 1.82) is 0 Å². The summed E-state index contributed by atoms with van der Waals surface area (Å²) >= 11 is 0. The summed E-state index contributed by atoms with van der Waals surface area (Å²) in [4.78, 5) is 14.3. The SMILES string of the molecule is CC(C)(C)OC(=O)NC1CN(Cc2ccccc2)CCC1CO. The normalized spacial score (nSPS) is 22.6. The Morgan fingerprint density at radius 1 is 1.35 bits per heavy atom. The van der Waals surface area contributed by atoms with E-state index >= 15 is 0 Å². The highest BCUT2D eigenvalue weighted by molar-refractivity contribution is 5.68. The molecule has 5 nitrogen and oxygen atoms in total. The first-order chi connectivity index (χ1) is 10.9. The zero-order chi connectivity index (χ0) is 16.9. The first-order valence-corrected chi connectivity index (χ1v) is 8.24. The Hall–Kier alpha value is -1.59. The summed E-state index contributed by atoms with van der Waals surface area (Å²) in [6, 6.07) is 10.2. The monoisotopic (exact) mass is 320 g/mol. The molecular formula is C18H28N2O3. The fourth-order valence-electron chi connectivity index (χ4n) is 2.89. The predicted molar refractivity (Wildman–Crippen MR) is 90.1 cm³/mol. The van der Waals surface area contributed by atoms with Crippen LogP contribution >= 0.6 is 0 Å². The van der Waals surface area contributed by atoms with Gasteiger partial charge in [-0.05, 0) is 39.3 Å². The molecule has 1 aliphatic heterocycles. The third-order valence-electron chi connectivity index (χ3n) is 4.03. The van der Waals surface area contributed by atoms with Crippen molar-refractivity contribution in [2.24, 2.45) is 5.92 Å². The second kappa shape index (κ2) is 7.79. The van der Waals surface area contributed by atoms with Crippen molar-refractivity contribution in [1.82, 2.24) is 10.2 Å². The lowest BCUT2D eigenvalue weighted by Crippen LogP contribution is -2.54. The first kappa shape index (κ1) is 17.8. The molecule has 1 amide bonds. The Bertz CT molecular complexity index is 499. The molecule has 1 saturated heterocycles. The quantitative estimate of drug-likeness (QED) is 0.894. The van der Waals surface area contributed by atoms with Gasteiger partial charge in [0.15, 0.2) is 0 Å². The van der Waals surface area contributed by atoms with Crippen molar-refractivity contribution in [2.45, 2.75) is 45.4 Å². The van der Waals surface area contributed by atoms with E-state index in [2.05, 4.69) is 22.3 Å². The van der Waals surface area contributed by atoms with Crippen LogP contribution in [-0.4, -0.2) is 47.4 Å². The number of carbonyl (C=O) groups excluding carboxylic acids is 1. The maximum Gasteiger partial charge on any atom is 0.407 e. The molecule has 0 radical (unpaired) electrons. The Labute approximate surface area is 138 Å². The number of piperidine rings is 1. The second-order valence-electron chi connectivity index (χ2n) is 7.20. The number of ether oxygens (including phenoxy) is 1. The molecule has 0 bridgehead atoms. The smallest absolute Gasteiger partial charge is 0.407 e. The van der Waals surface area contributed by atoms with Crippen LogP contribution in [0.25, 0.3) is 0 Å². The lowest BCUT2D eigenvalue weighted by molar-refractivity contribution is 0.0376. The molecule has 1 aromatic rings. The topological polar surface area (TPSA) is 61.8 Å². The van der Waals surface area contributed by atoms with Crippen molar-refractivity contribution >= 4 is 6.09 Å². The number of aliphatic hydroxyl groups excluding tert-OH is 1. The van der Waals surface area contributed by atoms with Crippen LogP contribution in [-0.2, 0) is 11.3 Å². The summed E-state index contributed by atoms with van der Waals surface area (Å²) in [7, 11) is 0. The number of hydrogen-bond acceptors (Lipinski definition) is 4. The number of rotatable bonds is 4. The van der Waals surface area contributed by atoms with E-state index in [0.29, 0.717) is 0 Å². The summed E-state index contributed by atoms with van der Waals surface area (Å²) in [6.07, 6.45) is 0.451. The standard InChI is InChI=1S/C18H28N2O3/c1-18(2,3)23-17(22)19-16-12-20(10-9-15(16)13-21)11-14-7-5-4-6-8-14/h4-8,15-16,21H,9-13H2,1-3H3,(H,19,22). The lowest BCUT2D eigenvalue weighted by Gasteiger charge is -2.38. The van der Waals surface area contributed by atoms with Gasteiger partial charge in [-0.1, -0.05) is 30.3 Å². The molecule has 0 spiro atoms. The maximum atomic E-state index is 12.0. The molecule has 1 heterocycles. The van der Waals surface area contributed by atoms with Gasteiger partial charge in [-0.3, -0.25) is 4.90 Å². The van der Waals surface area contributed by atoms with Crippen LogP contribution in [0.2, 0.25) is 0 Å². The summed E-state index contributed by atoms with van der Waals surface area (Å²) < 4.78 is 5.34. The van der Waals surface area contributed by atoms with Gasteiger partial charge in [0.05, 0.1) is 0 Å². The zero-order valence-corrected chi connectivity index (χ0v) is 14.3. The Balaban J connectivity index is 1.94. The number of likely N-dealkylation sites (tertiary alicyclic amines) is 1. The van der Waals surface area contributed by atoms with E-state index in [1.807, 2.05) is 39.0 Å². The average Bonchev–Trinajstić information content (AvgIpc) is 2.46. The van der Waals surface area contributed by atoms with Crippen LogP contribution in [0.3, 0.4) is 0 Å². The molecule has 1 aromatic carbocycles. The molecule has 1 aliphatic rings. The van der Waals surface area contributed by atoms with E-state index in [4.69, 9.17) is 4.74 Å². The van der Waals surface area contributed by atoms with E-state index in [9.17, 15) is 9.90 Å². The number of nitrogens with one attached hydrogen (secondary N) is 1. The summed E-state index contributed by atoms with van der Waals surface area (Å²) in [5, 5.41) is 12.5. The van der Waals surface area contributed by atoms with Crippen LogP contribution in [0.5, 0.6) is 0 Å². The second-order valence-corrected chi connectivity index (χ2v) is 7.20. The van der Waals surface area contributed by atoms with Crippen molar-refractivity contribution in [3.8, 4) is 0 Å². The molecule has 2 atom stereocenters. The largest absolute Gasteiger partial charge is 0.444 e. The van der Waals surface area contributed by atoms with Crippen molar-refractivity contribution < 1.29 is 14.6 Å². The first-order valence-electron chi connectivity index (χ1n) is 8.24. The Morgan fingerprint density at radius 2 is 2.04 bits per heavy atom. The van der Waals surface area contributed by atoms with Gasteiger partial charge in [0.1, 0.15) is 5.60 Å². The number of alkyl carbamates (subject to hydrolysis) is 1. The minimum absolute atomic E-state index is 0.0783. The highest BCUT2D eigenvalue weighted by Gasteiger charge is 2.31. The van der Waals surface area contributed by atoms with E-state index in [1.165, 1.54) is 5.56 Å². The molecule has 0 aliphatic carbocycles.